The molecule has 0 fully saturated rings. The predicted molar refractivity (Wildman–Crippen MR) is 91.9 cm³/mol. The van der Waals surface area contributed by atoms with Crippen LogP contribution in [0.2, 0.25) is 0 Å². The summed E-state index contributed by atoms with van der Waals surface area (Å²) in [5.74, 6) is 0.811. The van der Waals surface area contributed by atoms with E-state index < -0.39 is 5.41 Å². The number of methoxy groups -OCH3 is 1. The van der Waals surface area contributed by atoms with Crippen LogP contribution in [0.25, 0.3) is 0 Å². The molecule has 3 rings (SSSR count). The molecule has 0 saturated heterocycles. The highest BCUT2D eigenvalue weighted by atomic mass is 16.5. The third-order valence-corrected chi connectivity index (χ3v) is 4.60. The summed E-state index contributed by atoms with van der Waals surface area (Å²) in [6.07, 6.45) is 0. The molecule has 0 aromatic heterocycles. The molecule has 0 spiro atoms. The first-order chi connectivity index (χ1) is 10.8. The number of hydrogen-bond acceptors (Lipinski definition) is 3. The zero-order chi connectivity index (χ0) is 16.8. The van der Waals surface area contributed by atoms with Crippen LogP contribution in [0.15, 0.2) is 36.4 Å². The largest absolute Gasteiger partial charge is 0.497 e. The first-order valence-electron chi connectivity index (χ1n) is 7.70. The summed E-state index contributed by atoms with van der Waals surface area (Å²) in [5, 5.41) is 3.01. The molecule has 1 aliphatic rings. The Labute approximate surface area is 136 Å². The van der Waals surface area contributed by atoms with Gasteiger partial charge in [-0.1, -0.05) is 29.8 Å². The fraction of sp³-hybridized carbons (Fsp3) is 0.316. The van der Waals surface area contributed by atoms with E-state index in [1.54, 1.807) is 7.11 Å². The molecule has 1 unspecified atom stereocenters. The van der Waals surface area contributed by atoms with Gasteiger partial charge in [-0.05, 0) is 49.6 Å². The lowest BCUT2D eigenvalue weighted by Gasteiger charge is -2.20. The summed E-state index contributed by atoms with van der Waals surface area (Å²) in [6.45, 7) is 5.91. The number of nitrogens with two attached hydrogens (primary N) is 1. The van der Waals surface area contributed by atoms with Gasteiger partial charge >= 0.3 is 0 Å². The SMILES string of the molecule is COc1ccc(C(N)c2cc(C)cc3c2NC(=O)C3(C)C)cc1. The highest BCUT2D eigenvalue weighted by molar-refractivity contribution is 6.06. The van der Waals surface area contributed by atoms with Crippen LogP contribution in [0.1, 0.15) is 42.1 Å². The number of amides is 1. The van der Waals surface area contributed by atoms with Gasteiger partial charge in [-0.2, -0.15) is 0 Å². The van der Waals surface area contributed by atoms with Crippen molar-refractivity contribution in [2.45, 2.75) is 32.2 Å². The quantitative estimate of drug-likeness (QED) is 0.914. The second-order valence-corrected chi connectivity index (χ2v) is 6.61. The van der Waals surface area contributed by atoms with E-state index in [1.807, 2.05) is 45.0 Å². The van der Waals surface area contributed by atoms with Crippen LogP contribution < -0.4 is 15.8 Å². The zero-order valence-electron chi connectivity index (χ0n) is 13.9. The Balaban J connectivity index is 2.08. The van der Waals surface area contributed by atoms with E-state index in [-0.39, 0.29) is 11.9 Å². The second-order valence-electron chi connectivity index (χ2n) is 6.61. The van der Waals surface area contributed by atoms with Crippen molar-refractivity contribution in [3.63, 3.8) is 0 Å². The number of hydrogen-bond donors (Lipinski definition) is 2. The number of benzene rings is 2. The van der Waals surface area contributed by atoms with Gasteiger partial charge in [0.25, 0.3) is 0 Å². The molecule has 2 aromatic rings. The van der Waals surface area contributed by atoms with Crippen molar-refractivity contribution in [3.05, 3.63) is 58.7 Å². The van der Waals surface area contributed by atoms with Gasteiger partial charge < -0.3 is 15.8 Å². The zero-order valence-corrected chi connectivity index (χ0v) is 13.9. The molecule has 4 heteroatoms. The number of carbonyl (C=O) groups is 1. The molecule has 1 heterocycles. The van der Waals surface area contributed by atoms with Gasteiger partial charge in [0.1, 0.15) is 5.75 Å². The highest BCUT2D eigenvalue weighted by Crippen LogP contribution is 2.42. The summed E-state index contributed by atoms with van der Waals surface area (Å²) in [5.41, 5.74) is 10.9. The van der Waals surface area contributed by atoms with E-state index in [0.29, 0.717) is 0 Å². The number of ether oxygens (including phenoxy) is 1. The fourth-order valence-corrected chi connectivity index (χ4v) is 3.08. The Hall–Kier alpha value is -2.33. The molecular weight excluding hydrogens is 288 g/mol. The van der Waals surface area contributed by atoms with Crippen molar-refractivity contribution >= 4 is 11.6 Å². The summed E-state index contributed by atoms with van der Waals surface area (Å²) >= 11 is 0. The summed E-state index contributed by atoms with van der Waals surface area (Å²) in [7, 11) is 1.64. The maximum Gasteiger partial charge on any atom is 0.234 e. The van der Waals surface area contributed by atoms with Crippen LogP contribution >= 0.6 is 0 Å². The minimum absolute atomic E-state index is 0.0151. The molecule has 1 atom stereocenters. The van der Waals surface area contributed by atoms with Crippen molar-refractivity contribution in [2.24, 2.45) is 5.73 Å². The molecule has 2 aromatic carbocycles. The van der Waals surface area contributed by atoms with Gasteiger partial charge in [-0.3, -0.25) is 4.79 Å². The van der Waals surface area contributed by atoms with Crippen LogP contribution in [-0.4, -0.2) is 13.0 Å². The molecule has 23 heavy (non-hydrogen) atoms. The van der Waals surface area contributed by atoms with E-state index in [2.05, 4.69) is 17.4 Å². The Morgan fingerprint density at radius 3 is 2.43 bits per heavy atom. The van der Waals surface area contributed by atoms with Gasteiger partial charge in [0.05, 0.1) is 24.3 Å². The van der Waals surface area contributed by atoms with E-state index in [4.69, 9.17) is 10.5 Å². The van der Waals surface area contributed by atoms with Crippen LogP contribution in [0.3, 0.4) is 0 Å². The first kappa shape index (κ1) is 15.6. The molecule has 1 amide bonds. The van der Waals surface area contributed by atoms with Crippen LogP contribution in [0.4, 0.5) is 5.69 Å². The Morgan fingerprint density at radius 2 is 1.83 bits per heavy atom. The molecule has 0 aliphatic carbocycles. The van der Waals surface area contributed by atoms with Gasteiger partial charge in [0, 0.05) is 0 Å². The topological polar surface area (TPSA) is 64.3 Å². The summed E-state index contributed by atoms with van der Waals surface area (Å²) in [4.78, 5) is 12.3. The van der Waals surface area contributed by atoms with Gasteiger partial charge in [0.15, 0.2) is 0 Å². The normalized spacial score (nSPS) is 16.7. The number of aryl methyl sites for hydroxylation is 1. The number of nitrogens with one attached hydrogen (secondary N) is 1. The third-order valence-electron chi connectivity index (χ3n) is 4.60. The average Bonchev–Trinajstić information content (AvgIpc) is 2.76. The average molecular weight is 310 g/mol. The van der Waals surface area contributed by atoms with Gasteiger partial charge in [-0.15, -0.1) is 0 Å². The first-order valence-corrected chi connectivity index (χ1v) is 7.70. The molecule has 0 bridgehead atoms. The van der Waals surface area contributed by atoms with Crippen molar-refractivity contribution in [2.75, 3.05) is 12.4 Å². The molecule has 4 nitrogen and oxygen atoms in total. The van der Waals surface area contributed by atoms with Crippen LogP contribution in [0, 0.1) is 6.92 Å². The molecule has 0 saturated carbocycles. The lowest BCUT2D eigenvalue weighted by molar-refractivity contribution is -0.119. The van der Waals surface area contributed by atoms with Crippen LogP contribution in [-0.2, 0) is 10.2 Å². The van der Waals surface area contributed by atoms with Crippen molar-refractivity contribution in [1.82, 2.24) is 0 Å². The Morgan fingerprint density at radius 1 is 1.17 bits per heavy atom. The van der Waals surface area contributed by atoms with Gasteiger partial charge in [0.2, 0.25) is 5.91 Å². The van der Waals surface area contributed by atoms with Gasteiger partial charge in [-0.25, -0.2) is 0 Å². The molecule has 120 valence electrons. The number of anilines is 1. The molecule has 3 N–H and O–H groups in total. The predicted octanol–water partition coefficient (Wildman–Crippen LogP) is 3.28. The van der Waals surface area contributed by atoms with E-state index in [1.165, 1.54) is 0 Å². The monoisotopic (exact) mass is 310 g/mol. The van der Waals surface area contributed by atoms with Crippen LogP contribution in [0.5, 0.6) is 5.75 Å². The maximum absolute atomic E-state index is 12.3. The maximum atomic E-state index is 12.3. The summed E-state index contributed by atoms with van der Waals surface area (Å²) < 4.78 is 5.19. The minimum atomic E-state index is -0.532. The minimum Gasteiger partial charge on any atom is -0.497 e. The Bertz CT molecular complexity index is 764. The lowest BCUT2D eigenvalue weighted by atomic mass is 9.83. The standard InChI is InChI=1S/C19H22N2O2/c1-11-9-14(16(20)12-5-7-13(23-4)8-6-12)17-15(10-11)19(2,3)18(22)21-17/h5-10,16H,20H2,1-4H3,(H,21,22). The second kappa shape index (κ2) is 5.39. The van der Waals surface area contributed by atoms with E-state index >= 15 is 0 Å². The van der Waals surface area contributed by atoms with E-state index in [0.717, 1.165) is 33.7 Å². The molecular formula is C19H22N2O2. The molecule has 1 aliphatic heterocycles. The third kappa shape index (κ3) is 2.49. The van der Waals surface area contributed by atoms with E-state index in [9.17, 15) is 4.79 Å². The Kier molecular flexibility index (Phi) is 3.65. The highest BCUT2D eigenvalue weighted by Gasteiger charge is 2.40. The summed E-state index contributed by atoms with van der Waals surface area (Å²) in [6, 6.07) is 11.5. The lowest BCUT2D eigenvalue weighted by Crippen LogP contribution is -2.26. The van der Waals surface area contributed by atoms with Crippen molar-refractivity contribution < 1.29 is 9.53 Å². The number of carbonyl (C=O) groups excluding carboxylic acids is 1. The van der Waals surface area contributed by atoms with Crippen molar-refractivity contribution in [3.8, 4) is 5.75 Å². The smallest absolute Gasteiger partial charge is 0.234 e. The van der Waals surface area contributed by atoms with Crippen molar-refractivity contribution in [1.29, 1.82) is 0 Å². The fourth-order valence-electron chi connectivity index (χ4n) is 3.08. The number of rotatable bonds is 3. The number of fused-ring (bicyclic) bond motifs is 1. The molecule has 0 radical (unpaired) electrons.